The predicted molar refractivity (Wildman–Crippen MR) is 58.6 cm³/mol. The molecule has 1 unspecified atom stereocenters. The lowest BCUT2D eigenvalue weighted by molar-refractivity contribution is -0.120. The molecular weight excluding hydrogens is 196 g/mol. The zero-order valence-electron chi connectivity index (χ0n) is 9.79. The SMILES string of the molecule is COCCOCCC(NC(C)C)C(N)=O. The zero-order chi connectivity index (χ0) is 11.7. The second kappa shape index (κ2) is 8.64. The van der Waals surface area contributed by atoms with Crippen molar-refractivity contribution in [3.05, 3.63) is 0 Å². The van der Waals surface area contributed by atoms with Crippen LogP contribution in [-0.2, 0) is 14.3 Å². The summed E-state index contributed by atoms with van der Waals surface area (Å²) in [6.07, 6.45) is 0.594. The Morgan fingerprint density at radius 2 is 2.00 bits per heavy atom. The summed E-state index contributed by atoms with van der Waals surface area (Å²) in [7, 11) is 1.62. The van der Waals surface area contributed by atoms with Gasteiger partial charge in [0.05, 0.1) is 19.3 Å². The first kappa shape index (κ1) is 14.3. The number of nitrogens with two attached hydrogens (primary N) is 1. The third kappa shape index (κ3) is 8.35. The van der Waals surface area contributed by atoms with Gasteiger partial charge in [-0.15, -0.1) is 0 Å². The van der Waals surface area contributed by atoms with Gasteiger partial charge in [0.25, 0.3) is 0 Å². The van der Waals surface area contributed by atoms with Crippen LogP contribution in [0.2, 0.25) is 0 Å². The Morgan fingerprint density at radius 3 is 2.47 bits per heavy atom. The minimum atomic E-state index is -0.334. The molecular formula is C10H22N2O3. The maximum absolute atomic E-state index is 11.0. The van der Waals surface area contributed by atoms with E-state index in [1.165, 1.54) is 0 Å². The average Bonchev–Trinajstić information content (AvgIpc) is 2.15. The van der Waals surface area contributed by atoms with Crippen LogP contribution in [-0.4, -0.2) is 44.9 Å². The van der Waals surface area contributed by atoms with E-state index in [4.69, 9.17) is 15.2 Å². The van der Waals surface area contributed by atoms with E-state index in [-0.39, 0.29) is 18.0 Å². The number of ether oxygens (including phenoxy) is 2. The van der Waals surface area contributed by atoms with Crippen molar-refractivity contribution in [3.63, 3.8) is 0 Å². The van der Waals surface area contributed by atoms with Gasteiger partial charge in [-0.3, -0.25) is 4.79 Å². The third-order valence-corrected chi connectivity index (χ3v) is 1.86. The molecule has 0 rings (SSSR count). The lowest BCUT2D eigenvalue weighted by Crippen LogP contribution is -2.45. The van der Waals surface area contributed by atoms with Crippen LogP contribution < -0.4 is 11.1 Å². The summed E-state index contributed by atoms with van der Waals surface area (Å²) in [5, 5.41) is 3.08. The van der Waals surface area contributed by atoms with E-state index in [2.05, 4.69) is 5.32 Å². The molecule has 0 heterocycles. The number of hydrogen-bond acceptors (Lipinski definition) is 4. The Morgan fingerprint density at radius 1 is 1.33 bits per heavy atom. The quantitative estimate of drug-likeness (QED) is 0.530. The van der Waals surface area contributed by atoms with E-state index in [1.54, 1.807) is 7.11 Å². The van der Waals surface area contributed by atoms with Gasteiger partial charge in [-0.05, 0) is 6.42 Å². The largest absolute Gasteiger partial charge is 0.382 e. The molecule has 0 saturated carbocycles. The fourth-order valence-electron chi connectivity index (χ4n) is 1.16. The second-order valence-corrected chi connectivity index (χ2v) is 3.67. The first-order valence-electron chi connectivity index (χ1n) is 5.20. The summed E-state index contributed by atoms with van der Waals surface area (Å²) < 4.78 is 10.1. The monoisotopic (exact) mass is 218 g/mol. The van der Waals surface area contributed by atoms with Crippen molar-refractivity contribution in [3.8, 4) is 0 Å². The molecule has 0 spiro atoms. The zero-order valence-corrected chi connectivity index (χ0v) is 9.79. The number of methoxy groups -OCH3 is 1. The Labute approximate surface area is 91.3 Å². The first-order valence-corrected chi connectivity index (χ1v) is 5.20. The van der Waals surface area contributed by atoms with Gasteiger partial charge in [0.1, 0.15) is 0 Å². The van der Waals surface area contributed by atoms with Crippen LogP contribution in [0, 0.1) is 0 Å². The molecule has 3 N–H and O–H groups in total. The number of carbonyl (C=O) groups excluding carboxylic acids is 1. The Hall–Kier alpha value is -0.650. The van der Waals surface area contributed by atoms with E-state index in [1.807, 2.05) is 13.8 Å². The van der Waals surface area contributed by atoms with Gasteiger partial charge in [0, 0.05) is 19.8 Å². The Bertz CT molecular complexity index is 174. The number of carbonyl (C=O) groups is 1. The summed E-state index contributed by atoms with van der Waals surface area (Å²) in [4.78, 5) is 11.0. The summed E-state index contributed by atoms with van der Waals surface area (Å²) in [5.74, 6) is -0.334. The molecule has 0 bridgehead atoms. The highest BCUT2D eigenvalue weighted by atomic mass is 16.5. The summed E-state index contributed by atoms with van der Waals surface area (Å²) >= 11 is 0. The molecule has 1 amide bonds. The van der Waals surface area contributed by atoms with E-state index < -0.39 is 0 Å². The van der Waals surface area contributed by atoms with Gasteiger partial charge in [-0.25, -0.2) is 0 Å². The third-order valence-electron chi connectivity index (χ3n) is 1.86. The number of hydrogen-bond donors (Lipinski definition) is 2. The fraction of sp³-hybridized carbons (Fsp3) is 0.900. The molecule has 1 atom stereocenters. The van der Waals surface area contributed by atoms with Gasteiger partial charge < -0.3 is 20.5 Å². The summed E-state index contributed by atoms with van der Waals surface area (Å²) in [5.41, 5.74) is 5.24. The van der Waals surface area contributed by atoms with Crippen molar-refractivity contribution < 1.29 is 14.3 Å². The maximum atomic E-state index is 11.0. The molecule has 5 nitrogen and oxygen atoms in total. The van der Waals surface area contributed by atoms with Crippen LogP contribution in [0.4, 0.5) is 0 Å². The van der Waals surface area contributed by atoms with Crippen LogP contribution in [0.5, 0.6) is 0 Å². The lowest BCUT2D eigenvalue weighted by atomic mass is 10.2. The van der Waals surface area contributed by atoms with Gasteiger partial charge >= 0.3 is 0 Å². The number of nitrogens with one attached hydrogen (secondary N) is 1. The van der Waals surface area contributed by atoms with Crippen LogP contribution in [0.1, 0.15) is 20.3 Å². The molecule has 0 aliphatic carbocycles. The number of primary amides is 1. The topological polar surface area (TPSA) is 73.6 Å². The maximum Gasteiger partial charge on any atom is 0.234 e. The molecule has 0 fully saturated rings. The van der Waals surface area contributed by atoms with Gasteiger partial charge in [0.2, 0.25) is 5.91 Å². The minimum absolute atomic E-state index is 0.237. The molecule has 90 valence electrons. The van der Waals surface area contributed by atoms with Crippen molar-refractivity contribution in [2.45, 2.75) is 32.4 Å². The van der Waals surface area contributed by atoms with Crippen LogP contribution in [0.15, 0.2) is 0 Å². The van der Waals surface area contributed by atoms with E-state index in [0.717, 1.165) is 0 Å². The highest BCUT2D eigenvalue weighted by Gasteiger charge is 2.15. The molecule has 0 radical (unpaired) electrons. The smallest absolute Gasteiger partial charge is 0.234 e. The summed E-state index contributed by atoms with van der Waals surface area (Å²) in [6, 6.07) is -0.0750. The van der Waals surface area contributed by atoms with Crippen LogP contribution >= 0.6 is 0 Å². The van der Waals surface area contributed by atoms with Crippen molar-refractivity contribution in [2.24, 2.45) is 5.73 Å². The lowest BCUT2D eigenvalue weighted by Gasteiger charge is -2.17. The van der Waals surface area contributed by atoms with Gasteiger partial charge in [0.15, 0.2) is 0 Å². The van der Waals surface area contributed by atoms with E-state index >= 15 is 0 Å². The van der Waals surface area contributed by atoms with Crippen LogP contribution in [0.25, 0.3) is 0 Å². The molecule has 15 heavy (non-hydrogen) atoms. The number of rotatable bonds is 9. The fourth-order valence-corrected chi connectivity index (χ4v) is 1.16. The molecule has 0 aromatic heterocycles. The van der Waals surface area contributed by atoms with Crippen molar-refractivity contribution in [1.82, 2.24) is 5.32 Å². The normalized spacial score (nSPS) is 13.1. The number of amides is 1. The molecule has 0 aromatic carbocycles. The van der Waals surface area contributed by atoms with Crippen molar-refractivity contribution >= 4 is 5.91 Å². The highest BCUT2D eigenvalue weighted by molar-refractivity contribution is 5.79. The van der Waals surface area contributed by atoms with Crippen molar-refractivity contribution in [2.75, 3.05) is 26.9 Å². The first-order chi connectivity index (χ1) is 7.07. The Balaban J connectivity index is 3.62. The average molecular weight is 218 g/mol. The van der Waals surface area contributed by atoms with E-state index in [0.29, 0.717) is 26.2 Å². The molecule has 0 aliphatic rings. The Kier molecular flexibility index (Phi) is 8.27. The standard InChI is InChI=1S/C10H22N2O3/c1-8(2)12-9(10(11)13)4-5-15-7-6-14-3/h8-9,12H,4-7H2,1-3H3,(H2,11,13). The molecule has 0 saturated heterocycles. The van der Waals surface area contributed by atoms with Crippen molar-refractivity contribution in [1.29, 1.82) is 0 Å². The van der Waals surface area contributed by atoms with Crippen LogP contribution in [0.3, 0.4) is 0 Å². The van der Waals surface area contributed by atoms with E-state index in [9.17, 15) is 4.79 Å². The van der Waals surface area contributed by atoms with Gasteiger partial charge in [-0.1, -0.05) is 13.8 Å². The second-order valence-electron chi connectivity index (χ2n) is 3.67. The highest BCUT2D eigenvalue weighted by Crippen LogP contribution is 1.94. The molecule has 0 aliphatic heterocycles. The van der Waals surface area contributed by atoms with Gasteiger partial charge in [-0.2, -0.15) is 0 Å². The predicted octanol–water partition coefficient (Wildman–Crippen LogP) is -0.109. The minimum Gasteiger partial charge on any atom is -0.382 e. The molecule has 0 aromatic rings. The summed E-state index contributed by atoms with van der Waals surface area (Å²) in [6.45, 7) is 5.57. The molecule has 5 heteroatoms.